The van der Waals surface area contributed by atoms with Crippen molar-refractivity contribution in [2.45, 2.75) is 39.4 Å². The predicted octanol–water partition coefficient (Wildman–Crippen LogP) is 1.26. The zero-order valence-corrected chi connectivity index (χ0v) is 11.5. The summed E-state index contributed by atoms with van der Waals surface area (Å²) in [6, 6.07) is 0.782. The van der Waals surface area contributed by atoms with Gasteiger partial charge >= 0.3 is 14.9 Å². The van der Waals surface area contributed by atoms with Crippen LogP contribution in [-0.2, 0) is 0 Å². The molecule has 1 aliphatic heterocycles. The minimum absolute atomic E-state index is 0.727. The van der Waals surface area contributed by atoms with E-state index in [0.717, 1.165) is 12.2 Å². The minimum Gasteiger partial charge on any atom is -0.510 e. The van der Waals surface area contributed by atoms with E-state index in [1.165, 1.54) is 19.5 Å². The average molecular weight is 260 g/mol. The third-order valence-electron chi connectivity index (χ3n) is 2.88. The molecule has 0 bridgehead atoms. The molecule has 98 valence electrons. The van der Waals surface area contributed by atoms with Gasteiger partial charge in [-0.1, -0.05) is 6.92 Å². The SMILES string of the molecule is CCCN1C(C)C[NH+](C)C1C.[F][Al-]([F])([F])[F]. The van der Waals surface area contributed by atoms with Gasteiger partial charge in [-0.2, -0.15) is 0 Å². The van der Waals surface area contributed by atoms with Gasteiger partial charge in [-0.15, -0.1) is 0 Å². The highest BCUT2D eigenvalue weighted by Gasteiger charge is 2.41. The Morgan fingerprint density at radius 3 is 1.94 bits per heavy atom. The molecule has 0 spiro atoms. The summed E-state index contributed by atoms with van der Waals surface area (Å²) in [5.74, 6) is 0. The first-order valence-corrected chi connectivity index (χ1v) is 7.36. The van der Waals surface area contributed by atoms with Gasteiger partial charge in [-0.05, 0) is 13.3 Å². The van der Waals surface area contributed by atoms with Crippen LogP contribution in [0.1, 0.15) is 27.2 Å². The Labute approximate surface area is 98.8 Å². The molecule has 3 unspecified atom stereocenters. The third kappa shape index (κ3) is 6.69. The van der Waals surface area contributed by atoms with Crippen molar-refractivity contribution >= 4 is 14.9 Å². The fourth-order valence-corrected chi connectivity index (χ4v) is 2.09. The van der Waals surface area contributed by atoms with Crippen molar-refractivity contribution in [3.05, 3.63) is 0 Å². The van der Waals surface area contributed by atoms with Crippen molar-refractivity contribution in [3.63, 3.8) is 0 Å². The maximum absolute atomic E-state index is 9.85. The van der Waals surface area contributed by atoms with Gasteiger partial charge in [-0.25, -0.2) is 4.90 Å². The molecule has 1 heterocycles. The van der Waals surface area contributed by atoms with Crippen LogP contribution in [0.15, 0.2) is 0 Å². The second-order valence-electron chi connectivity index (χ2n) is 4.31. The van der Waals surface area contributed by atoms with E-state index >= 15 is 0 Å². The first kappa shape index (κ1) is 16.2. The second-order valence-corrected chi connectivity index (χ2v) is 5.30. The van der Waals surface area contributed by atoms with Crippen LogP contribution < -0.4 is 4.90 Å². The van der Waals surface area contributed by atoms with Crippen LogP contribution in [0, 0.1) is 0 Å². The molecule has 1 aliphatic rings. The summed E-state index contributed by atoms with van der Waals surface area (Å²) < 4.78 is 39.4. The van der Waals surface area contributed by atoms with Gasteiger partial charge in [0.15, 0.2) is 0 Å². The number of nitrogens with one attached hydrogen (secondary N) is 1. The Kier molecular flexibility index (Phi) is 6.87. The van der Waals surface area contributed by atoms with Gasteiger partial charge in [-0.3, -0.25) is 0 Å². The first-order valence-electron chi connectivity index (χ1n) is 5.62. The molecule has 0 aliphatic carbocycles. The van der Waals surface area contributed by atoms with Crippen LogP contribution in [-0.4, -0.2) is 52.2 Å². The Balaban J connectivity index is 0.000000385. The monoisotopic (exact) mass is 260 g/mol. The lowest BCUT2D eigenvalue weighted by molar-refractivity contribution is -0.896. The molecular formula is C9H21AlF4N2. The molecule has 3 atom stereocenters. The van der Waals surface area contributed by atoms with Crippen molar-refractivity contribution in [2.24, 2.45) is 0 Å². The lowest BCUT2D eigenvalue weighted by Crippen LogP contribution is -3.11. The van der Waals surface area contributed by atoms with E-state index in [-0.39, 0.29) is 0 Å². The normalized spacial score (nSPS) is 31.1. The van der Waals surface area contributed by atoms with Gasteiger partial charge in [0, 0.05) is 13.5 Å². The number of halogens is 4. The number of nitrogens with zero attached hydrogens (tertiary/aromatic N) is 1. The molecule has 0 aromatic carbocycles. The number of quaternary nitrogens is 1. The molecular weight excluding hydrogens is 239 g/mol. The van der Waals surface area contributed by atoms with Crippen LogP contribution in [0.2, 0.25) is 0 Å². The van der Waals surface area contributed by atoms with Gasteiger partial charge in [0.2, 0.25) is 0 Å². The van der Waals surface area contributed by atoms with Crippen LogP contribution in [0.4, 0.5) is 14.1 Å². The minimum atomic E-state index is -6.83. The highest BCUT2D eigenvalue weighted by Crippen LogP contribution is 2.07. The Morgan fingerprint density at radius 2 is 1.69 bits per heavy atom. The Hall–Kier alpha value is 0.172. The largest absolute Gasteiger partial charge is 1.04 e. The standard InChI is InChI=1S/C9H20N2.Al.4FH/c1-5-6-11-8(2)7-10(4)9(11)3;;;;;/h8-9H,5-7H2,1-4H3;;4*1H/q;+3;;;;/p-3. The number of likely N-dealkylation sites (N-methyl/N-ethyl adjacent to an activating group) is 1. The van der Waals surface area contributed by atoms with Crippen LogP contribution in [0.5, 0.6) is 0 Å². The highest BCUT2D eigenvalue weighted by molar-refractivity contribution is 6.50. The number of hydrogen-bond donors (Lipinski definition) is 1. The summed E-state index contributed by atoms with van der Waals surface area (Å²) in [6.45, 7) is 9.49. The number of rotatable bonds is 2. The molecule has 1 saturated heterocycles. The molecule has 0 aromatic rings. The zero-order valence-electron chi connectivity index (χ0n) is 10.3. The topological polar surface area (TPSA) is 7.68 Å². The van der Waals surface area contributed by atoms with Gasteiger partial charge in [0.1, 0.15) is 6.17 Å². The van der Waals surface area contributed by atoms with Crippen LogP contribution in [0.3, 0.4) is 0 Å². The van der Waals surface area contributed by atoms with Crippen LogP contribution in [0.25, 0.3) is 0 Å². The molecule has 16 heavy (non-hydrogen) atoms. The molecule has 0 amide bonds. The molecule has 1 rings (SSSR count). The van der Waals surface area contributed by atoms with Gasteiger partial charge < -0.3 is 19.0 Å². The summed E-state index contributed by atoms with van der Waals surface area (Å²) in [5, 5.41) is 0. The maximum atomic E-state index is 9.85. The van der Waals surface area contributed by atoms with Crippen molar-refractivity contribution in [1.29, 1.82) is 0 Å². The van der Waals surface area contributed by atoms with E-state index in [2.05, 4.69) is 32.7 Å². The van der Waals surface area contributed by atoms with E-state index < -0.39 is 14.9 Å². The van der Waals surface area contributed by atoms with Gasteiger partial charge in [0.05, 0.1) is 19.6 Å². The van der Waals surface area contributed by atoms with Gasteiger partial charge in [0.25, 0.3) is 0 Å². The zero-order chi connectivity index (χ0) is 12.9. The first-order chi connectivity index (χ1) is 7.16. The smallest absolute Gasteiger partial charge is 0.510 e. The van der Waals surface area contributed by atoms with Crippen molar-refractivity contribution in [3.8, 4) is 0 Å². The summed E-state index contributed by atoms with van der Waals surface area (Å²) >= 11 is -6.83. The van der Waals surface area contributed by atoms with Crippen molar-refractivity contribution in [2.75, 3.05) is 20.1 Å². The summed E-state index contributed by atoms with van der Waals surface area (Å²) in [5.41, 5.74) is 0. The molecule has 0 radical (unpaired) electrons. The highest BCUT2D eigenvalue weighted by atomic mass is 27.5. The molecule has 0 saturated carbocycles. The molecule has 2 nitrogen and oxygen atoms in total. The third-order valence-corrected chi connectivity index (χ3v) is 2.88. The maximum Gasteiger partial charge on any atom is 1.04 e. The molecule has 1 fully saturated rings. The van der Waals surface area contributed by atoms with E-state index in [4.69, 9.17) is 0 Å². The van der Waals surface area contributed by atoms with E-state index in [1.54, 1.807) is 4.90 Å². The summed E-state index contributed by atoms with van der Waals surface area (Å²) in [7, 11) is 2.29. The summed E-state index contributed by atoms with van der Waals surface area (Å²) in [4.78, 5) is 4.26. The van der Waals surface area contributed by atoms with E-state index in [9.17, 15) is 14.1 Å². The molecule has 0 aromatic heterocycles. The lowest BCUT2D eigenvalue weighted by atomic mass is 10.3. The Bertz CT molecular complexity index is 194. The molecule has 7 heteroatoms. The quantitative estimate of drug-likeness (QED) is 0.580. The average Bonchev–Trinajstić information content (AvgIpc) is 2.30. The van der Waals surface area contributed by atoms with E-state index in [1.807, 2.05) is 0 Å². The predicted molar refractivity (Wildman–Crippen MR) is 57.9 cm³/mol. The fraction of sp³-hybridized carbons (Fsp3) is 1.00. The van der Waals surface area contributed by atoms with Crippen molar-refractivity contribution < 1.29 is 19.0 Å². The van der Waals surface area contributed by atoms with Crippen molar-refractivity contribution in [1.82, 2.24) is 4.90 Å². The Morgan fingerprint density at radius 1 is 1.25 bits per heavy atom. The lowest BCUT2D eigenvalue weighted by Gasteiger charge is -2.22. The van der Waals surface area contributed by atoms with E-state index in [0.29, 0.717) is 0 Å². The fourth-order valence-electron chi connectivity index (χ4n) is 2.09. The van der Waals surface area contributed by atoms with Crippen LogP contribution >= 0.6 is 0 Å². The number of hydrogen-bond acceptors (Lipinski definition) is 1. The molecule has 1 N–H and O–H groups in total. The summed E-state index contributed by atoms with van der Waals surface area (Å²) in [6.07, 6.45) is 2.01. The second kappa shape index (κ2) is 6.80.